The molecule has 0 saturated heterocycles. The normalized spacial score (nSPS) is 11.6. The highest BCUT2D eigenvalue weighted by Gasteiger charge is 2.17. The third-order valence-corrected chi connectivity index (χ3v) is 2.22. The molecule has 4 heteroatoms. The summed E-state index contributed by atoms with van der Waals surface area (Å²) in [7, 11) is 0. The van der Waals surface area contributed by atoms with Crippen molar-refractivity contribution in [2.45, 2.75) is 26.2 Å². The first-order valence-electron chi connectivity index (χ1n) is 4.77. The predicted octanol–water partition coefficient (Wildman–Crippen LogP) is 1.90. The molecule has 2 rings (SSSR count). The van der Waals surface area contributed by atoms with Crippen LogP contribution in [-0.2, 0) is 5.41 Å². The first-order valence-corrected chi connectivity index (χ1v) is 4.77. The molecule has 0 radical (unpaired) electrons. The van der Waals surface area contributed by atoms with Gasteiger partial charge in [-0.2, -0.15) is 10.4 Å². The van der Waals surface area contributed by atoms with E-state index in [2.05, 4.69) is 36.9 Å². The minimum atomic E-state index is 0.000503. The lowest BCUT2D eigenvalue weighted by molar-refractivity contribution is 0.572. The van der Waals surface area contributed by atoms with Crippen molar-refractivity contribution in [2.75, 3.05) is 0 Å². The minimum absolute atomic E-state index is 0.000503. The summed E-state index contributed by atoms with van der Waals surface area (Å²) in [6, 6.07) is 3.79. The first kappa shape index (κ1) is 9.66. The zero-order chi connectivity index (χ0) is 11.1. The molecule has 4 nitrogen and oxygen atoms in total. The van der Waals surface area contributed by atoms with Gasteiger partial charge in [-0.1, -0.05) is 20.8 Å². The average molecular weight is 200 g/mol. The molecule has 0 aliphatic rings. The number of hydrogen-bond donors (Lipinski definition) is 0. The number of fused-ring (bicyclic) bond motifs is 1. The van der Waals surface area contributed by atoms with E-state index in [1.54, 1.807) is 16.8 Å². The molecule has 0 fully saturated rings. The molecule has 0 aromatic carbocycles. The smallest absolute Gasteiger partial charge is 0.155 e. The van der Waals surface area contributed by atoms with Crippen molar-refractivity contribution in [2.24, 2.45) is 0 Å². The summed E-state index contributed by atoms with van der Waals surface area (Å²) < 4.78 is 1.70. The molecule has 0 unspecified atom stereocenters. The van der Waals surface area contributed by atoms with Gasteiger partial charge < -0.3 is 0 Å². The lowest BCUT2D eigenvalue weighted by atomic mass is 9.93. The molecule has 2 aromatic rings. The van der Waals surface area contributed by atoms with Crippen LogP contribution >= 0.6 is 0 Å². The highest BCUT2D eigenvalue weighted by molar-refractivity contribution is 5.45. The number of rotatable bonds is 0. The summed E-state index contributed by atoms with van der Waals surface area (Å²) in [6.07, 6.45) is 3.44. The van der Waals surface area contributed by atoms with E-state index >= 15 is 0 Å². The van der Waals surface area contributed by atoms with Gasteiger partial charge in [0.15, 0.2) is 5.65 Å². The zero-order valence-electron chi connectivity index (χ0n) is 9.02. The summed E-state index contributed by atoms with van der Waals surface area (Å²) in [6.45, 7) is 6.29. The van der Waals surface area contributed by atoms with E-state index in [4.69, 9.17) is 5.26 Å². The Labute approximate surface area is 88.2 Å². The van der Waals surface area contributed by atoms with Crippen LogP contribution in [0.4, 0.5) is 0 Å². The van der Waals surface area contributed by atoms with Crippen molar-refractivity contribution >= 4 is 5.65 Å². The van der Waals surface area contributed by atoms with Crippen LogP contribution in [0.5, 0.6) is 0 Å². The van der Waals surface area contributed by atoms with Gasteiger partial charge in [0.05, 0.1) is 23.7 Å². The van der Waals surface area contributed by atoms with E-state index in [0.29, 0.717) is 5.56 Å². The van der Waals surface area contributed by atoms with Crippen molar-refractivity contribution in [1.82, 2.24) is 14.6 Å². The third-order valence-electron chi connectivity index (χ3n) is 2.22. The van der Waals surface area contributed by atoms with Crippen LogP contribution in [0, 0.1) is 11.3 Å². The lowest BCUT2D eigenvalue weighted by Crippen LogP contribution is -2.11. The molecule has 0 atom stereocenters. The van der Waals surface area contributed by atoms with E-state index in [1.807, 2.05) is 6.20 Å². The van der Waals surface area contributed by atoms with Crippen LogP contribution in [0.3, 0.4) is 0 Å². The summed E-state index contributed by atoms with van der Waals surface area (Å²) in [5.41, 5.74) is 2.23. The second-order valence-electron chi connectivity index (χ2n) is 4.53. The molecule has 0 amide bonds. The fourth-order valence-electron chi connectivity index (χ4n) is 1.30. The molecule has 15 heavy (non-hydrogen) atoms. The van der Waals surface area contributed by atoms with E-state index < -0.39 is 0 Å². The average Bonchev–Trinajstić information content (AvgIpc) is 2.59. The van der Waals surface area contributed by atoms with E-state index in [-0.39, 0.29) is 5.41 Å². The van der Waals surface area contributed by atoms with Gasteiger partial charge in [0, 0.05) is 11.5 Å². The standard InChI is InChI=1S/C11H12N4/c1-11(2,3)9-7-15-10(14-9)4-8(5-12)6-13-15/h4,6-7H,1-3H3. The van der Waals surface area contributed by atoms with Gasteiger partial charge in [-0.05, 0) is 0 Å². The molecule has 2 heterocycles. The van der Waals surface area contributed by atoms with Crippen LogP contribution in [0.25, 0.3) is 5.65 Å². The Balaban J connectivity index is 2.62. The summed E-state index contributed by atoms with van der Waals surface area (Å²) >= 11 is 0. The maximum Gasteiger partial charge on any atom is 0.155 e. The Hall–Kier alpha value is -1.89. The highest BCUT2D eigenvalue weighted by Crippen LogP contribution is 2.21. The molecular weight excluding hydrogens is 188 g/mol. The number of hydrogen-bond acceptors (Lipinski definition) is 3. The lowest BCUT2D eigenvalue weighted by Gasteiger charge is -2.13. The third kappa shape index (κ3) is 1.68. The molecule has 0 N–H and O–H groups in total. The van der Waals surface area contributed by atoms with Crippen LogP contribution in [0.1, 0.15) is 32.0 Å². The Morgan fingerprint density at radius 3 is 2.73 bits per heavy atom. The van der Waals surface area contributed by atoms with E-state index in [0.717, 1.165) is 11.3 Å². The topological polar surface area (TPSA) is 54.0 Å². The Bertz CT molecular complexity index is 540. The van der Waals surface area contributed by atoms with Gasteiger partial charge in [-0.3, -0.25) is 0 Å². The second-order valence-corrected chi connectivity index (χ2v) is 4.53. The molecule has 0 aliphatic carbocycles. The summed E-state index contributed by atoms with van der Waals surface area (Å²) in [5, 5.41) is 12.9. The number of imidazole rings is 1. The molecule has 76 valence electrons. The van der Waals surface area contributed by atoms with Crippen molar-refractivity contribution in [1.29, 1.82) is 5.26 Å². The maximum absolute atomic E-state index is 8.74. The van der Waals surface area contributed by atoms with Crippen LogP contribution in [0.2, 0.25) is 0 Å². The van der Waals surface area contributed by atoms with E-state index in [1.165, 1.54) is 0 Å². The van der Waals surface area contributed by atoms with Crippen molar-refractivity contribution in [3.63, 3.8) is 0 Å². The number of nitriles is 1. The first-order chi connectivity index (χ1) is 7.00. The van der Waals surface area contributed by atoms with Crippen LogP contribution in [-0.4, -0.2) is 14.6 Å². The minimum Gasteiger partial charge on any atom is -0.231 e. The Kier molecular flexibility index (Phi) is 1.97. The van der Waals surface area contributed by atoms with E-state index in [9.17, 15) is 0 Å². The van der Waals surface area contributed by atoms with Gasteiger partial charge in [-0.25, -0.2) is 9.50 Å². The van der Waals surface area contributed by atoms with Crippen LogP contribution in [0.15, 0.2) is 18.5 Å². The second kappa shape index (κ2) is 3.06. The highest BCUT2D eigenvalue weighted by atomic mass is 15.2. The predicted molar refractivity (Wildman–Crippen MR) is 56.4 cm³/mol. The summed E-state index contributed by atoms with van der Waals surface area (Å²) in [5.74, 6) is 0. The number of nitrogens with zero attached hydrogens (tertiary/aromatic N) is 4. The monoisotopic (exact) mass is 200 g/mol. The SMILES string of the molecule is CC(C)(C)c1cn2ncc(C#N)cc2n1. The fraction of sp³-hybridized carbons (Fsp3) is 0.364. The van der Waals surface area contributed by atoms with Gasteiger partial charge in [0.2, 0.25) is 0 Å². The van der Waals surface area contributed by atoms with Crippen molar-refractivity contribution in [3.05, 3.63) is 29.7 Å². The Morgan fingerprint density at radius 2 is 2.13 bits per heavy atom. The molecule has 0 saturated carbocycles. The maximum atomic E-state index is 8.74. The zero-order valence-corrected chi connectivity index (χ0v) is 9.02. The quantitative estimate of drug-likeness (QED) is 0.652. The molecule has 2 aromatic heterocycles. The van der Waals surface area contributed by atoms with Gasteiger partial charge in [-0.15, -0.1) is 0 Å². The molecule has 0 spiro atoms. The van der Waals surface area contributed by atoms with Crippen LogP contribution < -0.4 is 0 Å². The van der Waals surface area contributed by atoms with Gasteiger partial charge >= 0.3 is 0 Å². The molecule has 0 bridgehead atoms. The number of aromatic nitrogens is 3. The fourth-order valence-corrected chi connectivity index (χ4v) is 1.30. The van der Waals surface area contributed by atoms with Crippen molar-refractivity contribution < 1.29 is 0 Å². The molecular formula is C11H12N4. The van der Waals surface area contributed by atoms with Gasteiger partial charge in [0.25, 0.3) is 0 Å². The molecule has 0 aliphatic heterocycles. The van der Waals surface area contributed by atoms with Crippen molar-refractivity contribution in [3.8, 4) is 6.07 Å². The largest absolute Gasteiger partial charge is 0.231 e. The van der Waals surface area contributed by atoms with Gasteiger partial charge in [0.1, 0.15) is 6.07 Å². The summed E-state index contributed by atoms with van der Waals surface area (Å²) in [4.78, 5) is 4.44. The Morgan fingerprint density at radius 1 is 1.40 bits per heavy atom.